The molecular weight excluding hydrogens is 332 g/mol. The first-order chi connectivity index (χ1) is 12.6. The number of ether oxygens (including phenoxy) is 1. The van der Waals surface area contributed by atoms with Gasteiger partial charge in [-0.2, -0.15) is 5.10 Å². The van der Waals surface area contributed by atoms with Gasteiger partial charge < -0.3 is 15.0 Å². The molecule has 1 aromatic carbocycles. The summed E-state index contributed by atoms with van der Waals surface area (Å²) in [6, 6.07) is 9.59. The highest BCUT2D eigenvalue weighted by molar-refractivity contribution is 5.92. The summed E-state index contributed by atoms with van der Waals surface area (Å²) in [6.45, 7) is 4.22. The predicted molar refractivity (Wildman–Crippen MR) is 96.6 cm³/mol. The Balaban J connectivity index is 1.37. The molecule has 2 aromatic rings. The van der Waals surface area contributed by atoms with Crippen molar-refractivity contribution in [2.24, 2.45) is 5.92 Å². The van der Waals surface area contributed by atoms with Crippen LogP contribution in [-0.2, 0) is 11.3 Å². The number of aromatic nitrogens is 2. The summed E-state index contributed by atoms with van der Waals surface area (Å²) in [6.07, 6.45) is 2.98. The number of nitrogens with zero attached hydrogens (tertiary/aromatic N) is 2. The lowest BCUT2D eigenvalue weighted by atomic mass is 9.97. The largest absolute Gasteiger partial charge is 0.445 e. The van der Waals surface area contributed by atoms with Crippen molar-refractivity contribution in [3.05, 3.63) is 53.3 Å². The molecule has 138 valence electrons. The van der Waals surface area contributed by atoms with Crippen LogP contribution in [0, 0.1) is 12.8 Å². The van der Waals surface area contributed by atoms with E-state index < -0.39 is 0 Å². The van der Waals surface area contributed by atoms with Crippen LogP contribution in [0.5, 0.6) is 0 Å². The number of aryl methyl sites for hydroxylation is 1. The first-order valence-electron chi connectivity index (χ1n) is 8.86. The summed E-state index contributed by atoms with van der Waals surface area (Å²) in [5, 5.41) is 9.32. The average molecular weight is 356 g/mol. The number of benzene rings is 1. The fraction of sp³-hybridized carbons (Fsp3) is 0.421. The summed E-state index contributed by atoms with van der Waals surface area (Å²) in [4.78, 5) is 25.8. The number of aromatic amines is 1. The number of H-pyrrole nitrogens is 1. The van der Waals surface area contributed by atoms with E-state index in [-0.39, 0.29) is 12.0 Å². The van der Waals surface area contributed by atoms with E-state index in [1.54, 1.807) is 17.2 Å². The van der Waals surface area contributed by atoms with Gasteiger partial charge in [0, 0.05) is 25.8 Å². The normalized spacial score (nSPS) is 14.9. The summed E-state index contributed by atoms with van der Waals surface area (Å²) in [5.41, 5.74) is 2.63. The molecule has 2 N–H and O–H groups in total. The molecule has 0 aliphatic carbocycles. The van der Waals surface area contributed by atoms with Crippen molar-refractivity contribution in [2.45, 2.75) is 26.4 Å². The van der Waals surface area contributed by atoms with Crippen LogP contribution < -0.4 is 5.32 Å². The third-order valence-corrected chi connectivity index (χ3v) is 4.65. The molecule has 7 nitrogen and oxygen atoms in total. The number of hydrogen-bond acceptors (Lipinski definition) is 4. The van der Waals surface area contributed by atoms with E-state index in [0.717, 1.165) is 18.4 Å². The minimum Gasteiger partial charge on any atom is -0.445 e. The van der Waals surface area contributed by atoms with Crippen LogP contribution in [0.2, 0.25) is 0 Å². The molecule has 3 rings (SSSR count). The van der Waals surface area contributed by atoms with E-state index >= 15 is 0 Å². The molecule has 2 amide bonds. The molecule has 2 heterocycles. The number of rotatable bonds is 5. The van der Waals surface area contributed by atoms with Gasteiger partial charge in [0.15, 0.2) is 0 Å². The van der Waals surface area contributed by atoms with Crippen LogP contribution in [0.25, 0.3) is 0 Å². The predicted octanol–water partition coefficient (Wildman–Crippen LogP) is 2.50. The average Bonchev–Trinajstić information content (AvgIpc) is 3.21. The molecular formula is C19H24N4O3. The van der Waals surface area contributed by atoms with Crippen molar-refractivity contribution in [1.29, 1.82) is 0 Å². The molecule has 0 saturated carbocycles. The van der Waals surface area contributed by atoms with Crippen LogP contribution in [0.15, 0.2) is 36.5 Å². The van der Waals surface area contributed by atoms with Crippen molar-refractivity contribution in [3.63, 3.8) is 0 Å². The maximum absolute atomic E-state index is 12.2. The monoisotopic (exact) mass is 356 g/mol. The molecule has 26 heavy (non-hydrogen) atoms. The highest BCUT2D eigenvalue weighted by Gasteiger charge is 2.24. The molecule has 1 aliphatic rings. The van der Waals surface area contributed by atoms with Crippen molar-refractivity contribution >= 4 is 12.0 Å². The van der Waals surface area contributed by atoms with Gasteiger partial charge in [0.05, 0.1) is 0 Å². The second-order valence-electron chi connectivity index (χ2n) is 6.65. The first-order valence-corrected chi connectivity index (χ1v) is 8.86. The molecule has 1 saturated heterocycles. The molecule has 1 fully saturated rings. The molecule has 0 atom stereocenters. The Morgan fingerprint density at radius 1 is 1.23 bits per heavy atom. The Morgan fingerprint density at radius 2 is 1.96 bits per heavy atom. The third-order valence-electron chi connectivity index (χ3n) is 4.65. The van der Waals surface area contributed by atoms with E-state index in [2.05, 4.69) is 15.5 Å². The van der Waals surface area contributed by atoms with Gasteiger partial charge in [-0.3, -0.25) is 9.89 Å². The Kier molecular flexibility index (Phi) is 5.88. The van der Waals surface area contributed by atoms with E-state index in [1.807, 2.05) is 31.2 Å². The maximum atomic E-state index is 12.2. The number of carbonyl (C=O) groups excluding carboxylic acids is 2. The highest BCUT2D eigenvalue weighted by atomic mass is 16.6. The van der Waals surface area contributed by atoms with Crippen molar-refractivity contribution < 1.29 is 14.3 Å². The number of carbonyl (C=O) groups is 2. The molecule has 0 unspecified atom stereocenters. The van der Waals surface area contributed by atoms with Crippen molar-refractivity contribution in [3.8, 4) is 0 Å². The topological polar surface area (TPSA) is 87.3 Å². The Morgan fingerprint density at radius 3 is 2.62 bits per heavy atom. The third kappa shape index (κ3) is 4.84. The lowest BCUT2D eigenvalue weighted by Gasteiger charge is -2.31. The zero-order valence-electron chi connectivity index (χ0n) is 14.9. The molecule has 0 spiro atoms. The van der Waals surface area contributed by atoms with Crippen LogP contribution >= 0.6 is 0 Å². The molecule has 1 aliphatic heterocycles. The fourth-order valence-electron chi connectivity index (χ4n) is 2.95. The van der Waals surface area contributed by atoms with Gasteiger partial charge in [-0.1, -0.05) is 29.8 Å². The lowest BCUT2D eigenvalue weighted by Crippen LogP contribution is -2.41. The summed E-state index contributed by atoms with van der Waals surface area (Å²) < 4.78 is 5.40. The first kappa shape index (κ1) is 18.0. The van der Waals surface area contributed by atoms with E-state index in [0.29, 0.717) is 37.9 Å². The Labute approximate surface area is 152 Å². The highest BCUT2D eigenvalue weighted by Crippen LogP contribution is 2.17. The quantitative estimate of drug-likeness (QED) is 0.862. The van der Waals surface area contributed by atoms with Gasteiger partial charge in [0.2, 0.25) is 0 Å². The number of piperidine rings is 1. The SMILES string of the molecule is Cc1ccc(COC(=O)N2CCC(CNC(=O)c3ccn[nH]3)CC2)cc1. The fourth-order valence-corrected chi connectivity index (χ4v) is 2.95. The summed E-state index contributed by atoms with van der Waals surface area (Å²) in [7, 11) is 0. The zero-order valence-corrected chi connectivity index (χ0v) is 14.9. The standard InChI is InChI=1S/C19H24N4O3/c1-14-2-4-16(5-3-14)13-26-19(25)23-10-7-15(8-11-23)12-20-18(24)17-6-9-21-22-17/h2-6,9,15H,7-8,10-13H2,1H3,(H,20,24)(H,21,22). The van der Waals surface area contributed by atoms with Gasteiger partial charge in [-0.05, 0) is 37.3 Å². The van der Waals surface area contributed by atoms with E-state index in [1.165, 1.54) is 5.56 Å². The second kappa shape index (κ2) is 8.51. The zero-order chi connectivity index (χ0) is 18.4. The minimum absolute atomic E-state index is 0.151. The molecule has 0 bridgehead atoms. The van der Waals surface area contributed by atoms with E-state index in [4.69, 9.17) is 4.74 Å². The van der Waals surface area contributed by atoms with Gasteiger partial charge in [0.25, 0.3) is 5.91 Å². The van der Waals surface area contributed by atoms with Crippen molar-refractivity contribution in [2.75, 3.05) is 19.6 Å². The van der Waals surface area contributed by atoms with Gasteiger partial charge in [-0.25, -0.2) is 4.79 Å². The number of amides is 2. The van der Waals surface area contributed by atoms with Crippen LogP contribution in [0.4, 0.5) is 4.79 Å². The Hall–Kier alpha value is -2.83. The van der Waals surface area contributed by atoms with Crippen molar-refractivity contribution in [1.82, 2.24) is 20.4 Å². The van der Waals surface area contributed by atoms with E-state index in [9.17, 15) is 9.59 Å². The van der Waals surface area contributed by atoms with Gasteiger partial charge >= 0.3 is 6.09 Å². The minimum atomic E-state index is -0.273. The maximum Gasteiger partial charge on any atom is 0.410 e. The van der Waals surface area contributed by atoms with Crippen LogP contribution in [0.3, 0.4) is 0 Å². The van der Waals surface area contributed by atoms with Crippen LogP contribution in [-0.4, -0.2) is 46.7 Å². The smallest absolute Gasteiger partial charge is 0.410 e. The lowest BCUT2D eigenvalue weighted by molar-refractivity contribution is 0.0800. The molecule has 7 heteroatoms. The second-order valence-corrected chi connectivity index (χ2v) is 6.65. The number of likely N-dealkylation sites (tertiary alicyclic amines) is 1. The summed E-state index contributed by atoms with van der Waals surface area (Å²) >= 11 is 0. The molecule has 0 radical (unpaired) electrons. The number of nitrogens with one attached hydrogen (secondary N) is 2. The van der Waals surface area contributed by atoms with Crippen LogP contribution in [0.1, 0.15) is 34.5 Å². The van der Waals surface area contributed by atoms with Gasteiger partial charge in [-0.15, -0.1) is 0 Å². The summed E-state index contributed by atoms with van der Waals surface area (Å²) in [5.74, 6) is 0.213. The Bertz CT molecular complexity index is 720. The molecule has 1 aromatic heterocycles. The van der Waals surface area contributed by atoms with Gasteiger partial charge in [0.1, 0.15) is 12.3 Å². The number of hydrogen-bond donors (Lipinski definition) is 2.